The van der Waals surface area contributed by atoms with Crippen LogP contribution in [0.3, 0.4) is 0 Å². The van der Waals surface area contributed by atoms with Crippen molar-refractivity contribution in [3.8, 4) is 0 Å². The highest BCUT2D eigenvalue weighted by molar-refractivity contribution is 7.66. The lowest BCUT2D eigenvalue weighted by atomic mass is 9.94. The number of likely N-dealkylation sites (N-methyl/N-ethyl adjacent to an activating group) is 1. The third kappa shape index (κ3) is 13.4. The maximum Gasteiger partial charge on any atom is 0.490 e. The predicted molar refractivity (Wildman–Crippen MR) is 273 cm³/mol. The van der Waals surface area contributed by atoms with Crippen LogP contribution in [0.4, 0.5) is 17.7 Å². The SMILES string of the molecule is CO[C@@H]1[C@H](OP(=O)(O)OC[C@H]2O[C@@H](n3cnc4c(=O)[nH]c(N)nc43)[C@H](O)[C@@H]2O)[C@@H](COP(=O)(O)OP(=O)(O)OP(=O)(O)OC[C@H]2OC(n3c[n+](C)c4c(=O)[nH]c(N)nc43)[C@H](O)[C@@H]2CC(=O)NCCN(C)C)O[C@H]1n1cnc2c(N)ncnc21. The van der Waals surface area contributed by atoms with E-state index in [1.165, 1.54) is 27.1 Å². The van der Waals surface area contributed by atoms with Crippen LogP contribution in [-0.2, 0) is 75.8 Å². The van der Waals surface area contributed by atoms with Crippen molar-refractivity contribution in [2.45, 2.75) is 73.9 Å². The highest BCUT2D eigenvalue weighted by Gasteiger charge is 2.54. The monoisotopic (exact) mass is 1260 g/mol. The number of carbonyl (C=O) groups is 1. The minimum absolute atomic E-state index is 0.00339. The molecule has 3 aliphatic heterocycles. The number of aromatic nitrogens is 12. The van der Waals surface area contributed by atoms with E-state index in [0.717, 1.165) is 30.7 Å². The van der Waals surface area contributed by atoms with E-state index in [0.29, 0.717) is 6.54 Å². The van der Waals surface area contributed by atoms with Crippen LogP contribution in [0, 0.1) is 5.92 Å². The van der Waals surface area contributed by atoms with Crippen LogP contribution in [0.5, 0.6) is 0 Å². The van der Waals surface area contributed by atoms with Gasteiger partial charge < -0.3 is 81.3 Å². The first kappa shape index (κ1) is 61.9. The van der Waals surface area contributed by atoms with Crippen LogP contribution >= 0.6 is 31.3 Å². The number of nitrogens with two attached hydrogens (primary N) is 3. The van der Waals surface area contributed by atoms with Gasteiger partial charge in [-0.25, -0.2) is 42.8 Å². The molecule has 41 nitrogen and oxygen atoms in total. The first-order valence-electron chi connectivity index (χ1n) is 24.2. The number of methoxy groups -OCH3 is 1. The zero-order valence-corrected chi connectivity index (χ0v) is 47.1. The second kappa shape index (κ2) is 24.0. The van der Waals surface area contributed by atoms with Gasteiger partial charge in [-0.3, -0.25) is 51.6 Å². The van der Waals surface area contributed by atoms with Gasteiger partial charge in [0.05, 0.1) is 45.6 Å². The lowest BCUT2D eigenvalue weighted by Crippen LogP contribution is -2.38. The Bertz CT molecular complexity index is 3710. The van der Waals surface area contributed by atoms with Gasteiger partial charge in [0.15, 0.2) is 35.1 Å². The maximum atomic E-state index is 13.8. The van der Waals surface area contributed by atoms with Gasteiger partial charge in [0.25, 0.3) is 16.7 Å². The first-order chi connectivity index (χ1) is 39.0. The van der Waals surface area contributed by atoms with Crippen molar-refractivity contribution < 1.29 is 108 Å². The number of fused-ring (bicyclic) bond motifs is 3. The molecule has 45 heteroatoms. The number of aryl methyl sites for hydroxylation is 1. The first-order valence-corrected chi connectivity index (χ1v) is 30.2. The number of hydrogen-bond donors (Lipinski definition) is 13. The molecule has 0 saturated carbocycles. The molecule has 9 heterocycles. The van der Waals surface area contributed by atoms with Gasteiger partial charge in [0.2, 0.25) is 30.4 Å². The number of ether oxygens (including phenoxy) is 4. The summed E-state index contributed by atoms with van der Waals surface area (Å²) in [4.78, 5) is 112. The van der Waals surface area contributed by atoms with Crippen molar-refractivity contribution in [1.82, 2.24) is 63.8 Å². The van der Waals surface area contributed by atoms with Gasteiger partial charge in [0.1, 0.15) is 54.6 Å². The minimum Gasteiger partial charge on any atom is -0.387 e. The standard InChI is InChI=1S/C38H55N17O24P4/c1-51(2)6-5-42-19(56)7-15-16(74-34(23(15)57)55-14-52(3)22-31(55)48-38(41)50-33(22)61)8-72-81(64,65)78-83(68,69)79-82(66,67)73-10-18-26(27(70-4)36(76-18)53-12-45-20-28(39)43-11-44-29(20)53)77-80(62,63)71-9-17-24(58)25(59)35(75-17)54-13-46-21-30(54)47-37(40)49-32(21)60/h11-18,23-27,34-36,57-59H,5-10H2,1-4H3,(H12-,39,40,41,42,43,44,47,48,49,50,56,60,61,62,63,64,65,66,67,68,69)/p+1/t15-,16-,17-,18-,23-,24-,25-,26-,27-,34?,35-,36-/m1/s1. The van der Waals surface area contributed by atoms with Crippen LogP contribution in [0.15, 0.2) is 34.9 Å². The summed E-state index contributed by atoms with van der Waals surface area (Å²) in [6.45, 7) is -2.74. The smallest absolute Gasteiger partial charge is 0.387 e. The molecule has 1 amide bonds. The van der Waals surface area contributed by atoms with E-state index in [-0.39, 0.29) is 57.8 Å². The summed E-state index contributed by atoms with van der Waals surface area (Å²) in [5.41, 5.74) is 15.6. The highest BCUT2D eigenvalue weighted by atomic mass is 31.3. The third-order valence-corrected chi connectivity index (χ3v) is 18.3. The highest BCUT2D eigenvalue weighted by Crippen LogP contribution is 2.68. The molecule has 83 heavy (non-hydrogen) atoms. The van der Waals surface area contributed by atoms with Gasteiger partial charge in [0, 0.05) is 32.5 Å². The molecule has 3 fully saturated rings. The molecular formula is C38H56N17O24P4+. The van der Waals surface area contributed by atoms with E-state index in [1.54, 1.807) is 19.0 Å². The molecular weight excluding hydrogens is 1200 g/mol. The number of aliphatic hydroxyl groups is 3. The number of phosphoric ester groups is 3. The Morgan fingerprint density at radius 1 is 0.711 bits per heavy atom. The van der Waals surface area contributed by atoms with Crippen LogP contribution in [0.1, 0.15) is 25.1 Å². The van der Waals surface area contributed by atoms with E-state index >= 15 is 0 Å². The van der Waals surface area contributed by atoms with Crippen molar-refractivity contribution in [3.63, 3.8) is 0 Å². The van der Waals surface area contributed by atoms with E-state index in [4.69, 9.17) is 54.2 Å². The van der Waals surface area contributed by atoms with Crippen molar-refractivity contribution >= 4 is 88.4 Å². The molecule has 0 aromatic carbocycles. The number of aromatic amines is 2. The number of carbonyl (C=O) groups excluding carboxylic acids is 1. The maximum absolute atomic E-state index is 13.8. The van der Waals surface area contributed by atoms with Crippen molar-refractivity contribution in [1.29, 1.82) is 0 Å². The number of hydrogen-bond acceptors (Lipinski definition) is 30. The van der Waals surface area contributed by atoms with Crippen LogP contribution in [0.2, 0.25) is 0 Å². The average Bonchev–Trinajstić information content (AvgIpc) is 4.25. The number of aliphatic hydroxyl groups excluding tert-OH is 3. The molecule has 16 N–H and O–H groups in total. The van der Waals surface area contributed by atoms with E-state index in [2.05, 4.69) is 53.8 Å². The molecule has 9 rings (SSSR count). The summed E-state index contributed by atoms with van der Waals surface area (Å²) in [7, 11) is -17.6. The van der Waals surface area contributed by atoms with Crippen LogP contribution in [0.25, 0.3) is 33.5 Å². The zero-order valence-electron chi connectivity index (χ0n) is 43.5. The summed E-state index contributed by atoms with van der Waals surface area (Å²) in [6.07, 6.45) is -14.0. The van der Waals surface area contributed by atoms with Gasteiger partial charge in [-0.15, -0.1) is 0 Å². The fraction of sp³-hybridized carbons (Fsp3) is 0.579. The van der Waals surface area contributed by atoms with Gasteiger partial charge in [-0.2, -0.15) is 23.2 Å². The Labute approximate surface area is 463 Å². The van der Waals surface area contributed by atoms with E-state index in [9.17, 15) is 67.5 Å². The number of anilines is 3. The molecule has 3 saturated heterocycles. The average molecular weight is 1260 g/mol. The Morgan fingerprint density at radius 2 is 1.28 bits per heavy atom. The van der Waals surface area contributed by atoms with Crippen LogP contribution in [-0.4, -0.2) is 202 Å². The molecule has 5 unspecified atom stereocenters. The van der Waals surface area contributed by atoms with E-state index < -0.39 is 148 Å². The Hall–Kier alpha value is -5.68. The Kier molecular flexibility index (Phi) is 17.9. The summed E-state index contributed by atoms with van der Waals surface area (Å²) >= 11 is 0. The van der Waals surface area contributed by atoms with Crippen molar-refractivity contribution in [2.75, 3.05) is 71.3 Å². The van der Waals surface area contributed by atoms with Gasteiger partial charge in [-0.05, 0) is 14.1 Å². The summed E-state index contributed by atoms with van der Waals surface area (Å²) < 4.78 is 111. The third-order valence-electron chi connectivity index (χ3n) is 13.0. The quantitative estimate of drug-likeness (QED) is 0.0201. The predicted octanol–water partition coefficient (Wildman–Crippen LogP) is -4.39. The molecule has 0 spiro atoms. The van der Waals surface area contributed by atoms with Crippen molar-refractivity contribution in [3.05, 3.63) is 46.0 Å². The van der Waals surface area contributed by atoms with Crippen LogP contribution < -0.4 is 38.2 Å². The summed E-state index contributed by atoms with van der Waals surface area (Å²) in [5.74, 6) is -2.59. The molecule has 0 bridgehead atoms. The fourth-order valence-corrected chi connectivity index (χ4v) is 13.8. The summed E-state index contributed by atoms with van der Waals surface area (Å²) in [5, 5.41) is 36.1. The molecule has 3 aliphatic rings. The normalized spacial score (nSPS) is 28.7. The van der Waals surface area contributed by atoms with E-state index in [1.807, 2.05) is 0 Å². The zero-order chi connectivity index (χ0) is 60.2. The molecule has 0 radical (unpaired) electrons. The number of phosphoric acid groups is 4. The number of imidazole rings is 3. The molecule has 456 valence electrons. The lowest BCUT2D eigenvalue weighted by molar-refractivity contribution is -0.646. The lowest BCUT2D eigenvalue weighted by Gasteiger charge is -2.26. The number of H-pyrrole nitrogens is 2. The second-order valence-corrected chi connectivity index (χ2v) is 25.0. The topological polar surface area (TPSA) is 574 Å². The number of nitrogens with zero attached hydrogens (tertiary/aromatic N) is 11. The molecule has 0 aliphatic carbocycles. The number of rotatable bonds is 24. The second-order valence-electron chi connectivity index (χ2n) is 19.0. The Morgan fingerprint density at radius 3 is 1.94 bits per heavy atom. The Balaban J connectivity index is 0.877. The van der Waals surface area contributed by atoms with Crippen molar-refractivity contribution in [2.24, 2.45) is 13.0 Å². The van der Waals surface area contributed by atoms with Gasteiger partial charge >= 0.3 is 36.9 Å². The minimum atomic E-state index is -6.25. The number of amides is 1. The fourth-order valence-electron chi connectivity index (χ4n) is 9.33. The summed E-state index contributed by atoms with van der Waals surface area (Å²) in [6, 6.07) is 0. The molecule has 16 atom stereocenters. The largest absolute Gasteiger partial charge is 0.490 e. The number of nitrogens with one attached hydrogen (secondary N) is 3. The molecule has 6 aromatic rings. The number of nitrogen functional groups attached to an aromatic ring is 3. The molecule has 6 aromatic heterocycles. The van der Waals surface area contributed by atoms with Gasteiger partial charge in [-0.1, -0.05) is 0 Å².